The molecule has 0 amide bonds. The van der Waals surface area contributed by atoms with Gasteiger partial charge < -0.3 is 14.4 Å². The first kappa shape index (κ1) is 27.8. The van der Waals surface area contributed by atoms with Crippen LogP contribution in [-0.4, -0.2) is 30.6 Å². The Labute approximate surface area is 240 Å². The summed E-state index contributed by atoms with van der Waals surface area (Å²) >= 11 is 12.4. The summed E-state index contributed by atoms with van der Waals surface area (Å²) in [6, 6.07) is 11.0. The number of carbonyl (C=O) groups is 2. The molecule has 0 atom stereocenters. The number of hydrogen-bond acceptors (Lipinski definition) is 5. The molecule has 0 N–H and O–H groups in total. The summed E-state index contributed by atoms with van der Waals surface area (Å²) in [4.78, 5) is 29.6. The molecule has 5 rings (SSSR count). The van der Waals surface area contributed by atoms with Crippen LogP contribution in [-0.2, 0) is 16.2 Å². The maximum Gasteiger partial charge on any atom is 0.162 e. The van der Waals surface area contributed by atoms with E-state index in [1.165, 1.54) is 0 Å². The Morgan fingerprint density at radius 2 is 1.44 bits per heavy atom. The largest absolute Gasteiger partial charge is 0.493 e. The van der Waals surface area contributed by atoms with Crippen molar-refractivity contribution < 1.29 is 19.1 Å². The highest BCUT2D eigenvalue weighted by atomic mass is 35.5. The Bertz CT molecular complexity index is 1380. The highest BCUT2D eigenvalue weighted by molar-refractivity contribution is 6.35. The number of hydrogen-bond donors (Lipinski definition) is 0. The zero-order valence-electron chi connectivity index (χ0n) is 23.4. The third-order valence-electron chi connectivity index (χ3n) is 8.10. The number of Topliss-reactive ketones (excluding diaryl/α,β-unsaturated/α-hetero) is 2. The van der Waals surface area contributed by atoms with E-state index in [4.69, 9.17) is 32.7 Å². The Morgan fingerprint density at radius 3 is 1.97 bits per heavy atom. The smallest absolute Gasteiger partial charge is 0.162 e. The van der Waals surface area contributed by atoms with Crippen molar-refractivity contribution in [2.75, 3.05) is 14.2 Å². The van der Waals surface area contributed by atoms with E-state index in [1.807, 2.05) is 31.3 Å². The Morgan fingerprint density at radius 1 is 0.846 bits per heavy atom. The Balaban J connectivity index is 1.58. The van der Waals surface area contributed by atoms with Gasteiger partial charge in [0.05, 0.1) is 7.11 Å². The molecule has 5 nitrogen and oxygen atoms in total. The number of halogens is 2. The normalized spacial score (nSPS) is 20.7. The minimum Gasteiger partial charge on any atom is -0.493 e. The van der Waals surface area contributed by atoms with E-state index in [2.05, 4.69) is 32.6 Å². The molecule has 0 saturated heterocycles. The SMILES string of the molecule is COc1cc(C2C3=C(CC(C)(C)CC3=O)N(C)C3=C2C(=O)CC(C)(C)C3)ccc1OCc1ccc(Cl)cc1Cl. The number of benzene rings is 2. The summed E-state index contributed by atoms with van der Waals surface area (Å²) in [5.74, 6) is 0.883. The summed E-state index contributed by atoms with van der Waals surface area (Å²) in [6.07, 6.45) is 2.48. The molecule has 2 aromatic carbocycles. The predicted molar refractivity (Wildman–Crippen MR) is 154 cm³/mol. The molecule has 1 heterocycles. The molecule has 39 heavy (non-hydrogen) atoms. The lowest BCUT2D eigenvalue weighted by atomic mass is 9.64. The monoisotopic (exact) mass is 567 g/mol. The lowest BCUT2D eigenvalue weighted by Gasteiger charge is -2.47. The van der Waals surface area contributed by atoms with Gasteiger partial charge in [-0.2, -0.15) is 0 Å². The van der Waals surface area contributed by atoms with Crippen molar-refractivity contribution in [3.05, 3.63) is 80.1 Å². The summed E-state index contributed by atoms with van der Waals surface area (Å²) in [5.41, 5.74) is 4.93. The number of rotatable bonds is 5. The highest BCUT2D eigenvalue weighted by Gasteiger charge is 2.48. The van der Waals surface area contributed by atoms with Crippen LogP contribution < -0.4 is 9.47 Å². The van der Waals surface area contributed by atoms with Gasteiger partial charge in [0.25, 0.3) is 0 Å². The molecule has 0 unspecified atom stereocenters. The van der Waals surface area contributed by atoms with E-state index in [-0.39, 0.29) is 29.0 Å². The Kier molecular flexibility index (Phi) is 7.13. The second kappa shape index (κ2) is 10.0. The van der Waals surface area contributed by atoms with Crippen molar-refractivity contribution >= 4 is 34.8 Å². The predicted octanol–water partition coefficient (Wildman–Crippen LogP) is 7.90. The van der Waals surface area contributed by atoms with Crippen molar-refractivity contribution in [2.24, 2.45) is 10.8 Å². The molecule has 3 aliphatic rings. The number of ketones is 2. The van der Waals surface area contributed by atoms with Crippen molar-refractivity contribution in [3.8, 4) is 11.5 Å². The fourth-order valence-corrected chi connectivity index (χ4v) is 6.74. The van der Waals surface area contributed by atoms with Gasteiger partial charge in [-0.1, -0.05) is 63.0 Å². The van der Waals surface area contributed by atoms with Gasteiger partial charge in [-0.3, -0.25) is 9.59 Å². The van der Waals surface area contributed by atoms with Crippen molar-refractivity contribution in [1.29, 1.82) is 0 Å². The lowest BCUT2D eigenvalue weighted by Crippen LogP contribution is -2.43. The zero-order chi connectivity index (χ0) is 28.3. The van der Waals surface area contributed by atoms with Gasteiger partial charge in [0, 0.05) is 64.0 Å². The first-order chi connectivity index (χ1) is 18.3. The van der Waals surface area contributed by atoms with Gasteiger partial charge in [0.1, 0.15) is 6.61 Å². The Hall–Kier alpha value is -2.76. The van der Waals surface area contributed by atoms with Crippen LogP contribution in [0.5, 0.6) is 11.5 Å². The molecule has 0 spiro atoms. The molecule has 206 valence electrons. The van der Waals surface area contributed by atoms with E-state index in [0.29, 0.717) is 34.4 Å². The number of carbonyl (C=O) groups excluding carboxylic acids is 2. The molecule has 0 radical (unpaired) electrons. The molecule has 0 fully saturated rings. The molecule has 1 aliphatic heterocycles. The molecule has 2 aliphatic carbocycles. The highest BCUT2D eigenvalue weighted by Crippen LogP contribution is 2.54. The summed E-state index contributed by atoms with van der Waals surface area (Å²) in [7, 11) is 3.61. The quantitative estimate of drug-likeness (QED) is 0.367. The maximum atomic E-state index is 13.7. The van der Waals surface area contributed by atoms with Crippen molar-refractivity contribution in [2.45, 2.75) is 65.9 Å². The minimum atomic E-state index is -0.424. The van der Waals surface area contributed by atoms with Crippen LogP contribution in [0.15, 0.2) is 58.9 Å². The van der Waals surface area contributed by atoms with E-state index in [0.717, 1.165) is 46.5 Å². The van der Waals surface area contributed by atoms with E-state index in [9.17, 15) is 9.59 Å². The van der Waals surface area contributed by atoms with Gasteiger partial charge >= 0.3 is 0 Å². The second-order valence-electron chi connectivity index (χ2n) is 12.5. The van der Waals surface area contributed by atoms with Crippen molar-refractivity contribution in [3.63, 3.8) is 0 Å². The lowest BCUT2D eigenvalue weighted by molar-refractivity contribution is -0.119. The van der Waals surface area contributed by atoms with Gasteiger partial charge in [-0.25, -0.2) is 0 Å². The van der Waals surface area contributed by atoms with Crippen LogP contribution in [0.3, 0.4) is 0 Å². The molecule has 2 aromatic rings. The summed E-state index contributed by atoms with van der Waals surface area (Å²) < 4.78 is 11.8. The van der Waals surface area contributed by atoms with Crippen LogP contribution in [0.2, 0.25) is 10.0 Å². The van der Waals surface area contributed by atoms with Crippen LogP contribution in [0.25, 0.3) is 0 Å². The zero-order valence-corrected chi connectivity index (χ0v) is 24.9. The van der Waals surface area contributed by atoms with Gasteiger partial charge in [-0.05, 0) is 53.5 Å². The average molecular weight is 569 g/mol. The van der Waals surface area contributed by atoms with E-state index < -0.39 is 5.92 Å². The van der Waals surface area contributed by atoms with Crippen LogP contribution in [0.4, 0.5) is 0 Å². The first-order valence-electron chi connectivity index (χ1n) is 13.3. The third kappa shape index (κ3) is 5.24. The topological polar surface area (TPSA) is 55.8 Å². The minimum absolute atomic E-state index is 0.110. The molecule has 0 bridgehead atoms. The fourth-order valence-electron chi connectivity index (χ4n) is 6.28. The molecular weight excluding hydrogens is 533 g/mol. The molecule has 0 saturated carbocycles. The second-order valence-corrected chi connectivity index (χ2v) is 13.4. The summed E-state index contributed by atoms with van der Waals surface area (Å²) in [6.45, 7) is 8.80. The van der Waals surface area contributed by atoms with E-state index >= 15 is 0 Å². The van der Waals surface area contributed by atoms with Gasteiger partial charge in [0.2, 0.25) is 0 Å². The van der Waals surface area contributed by atoms with Crippen LogP contribution in [0.1, 0.15) is 70.4 Å². The molecule has 0 aromatic heterocycles. The number of allylic oxidation sites excluding steroid dienone is 4. The molecular formula is C32H35Cl2NO4. The van der Waals surface area contributed by atoms with Crippen LogP contribution >= 0.6 is 23.2 Å². The first-order valence-corrected chi connectivity index (χ1v) is 14.1. The van der Waals surface area contributed by atoms with Crippen LogP contribution in [0, 0.1) is 10.8 Å². The van der Waals surface area contributed by atoms with Crippen molar-refractivity contribution in [1.82, 2.24) is 4.90 Å². The molecule has 7 heteroatoms. The summed E-state index contributed by atoms with van der Waals surface area (Å²) in [5, 5.41) is 1.09. The van der Waals surface area contributed by atoms with E-state index in [1.54, 1.807) is 19.2 Å². The number of nitrogens with zero attached hydrogens (tertiary/aromatic N) is 1. The standard InChI is InChI=1S/C32H35Cl2NO4/c1-31(2)13-22-29(24(36)15-31)28(30-23(35(22)5)14-32(3,4)16-25(30)37)18-8-10-26(27(11-18)38-6)39-17-19-7-9-20(33)12-21(19)34/h7-12,28H,13-17H2,1-6H3. The third-order valence-corrected chi connectivity index (χ3v) is 8.69. The number of ether oxygens (including phenoxy) is 2. The van der Waals surface area contributed by atoms with Gasteiger partial charge in [-0.15, -0.1) is 0 Å². The number of methoxy groups -OCH3 is 1. The maximum absolute atomic E-state index is 13.7. The fraction of sp³-hybridized carbons (Fsp3) is 0.438. The van der Waals surface area contributed by atoms with Gasteiger partial charge in [0.15, 0.2) is 23.1 Å². The average Bonchev–Trinajstić information content (AvgIpc) is 2.83.